The standard InChI is InChI=1S/C19H18N2O3/c1-14-7-9-15(10-8-14)17-13-20-24-19(17)21-18(22)11-12-23-16-5-3-2-4-6-16/h2-10,13H,11-12H2,1H3,(H,21,22). The second-order valence-electron chi connectivity index (χ2n) is 5.39. The predicted octanol–water partition coefficient (Wildman–Crippen LogP) is 4.06. The van der Waals surface area contributed by atoms with Gasteiger partial charge in [0.1, 0.15) is 5.75 Å². The number of aryl methyl sites for hydroxylation is 1. The molecular weight excluding hydrogens is 304 g/mol. The van der Waals surface area contributed by atoms with E-state index in [1.54, 1.807) is 6.20 Å². The van der Waals surface area contributed by atoms with Crippen LogP contribution in [0, 0.1) is 6.92 Å². The number of rotatable bonds is 6. The van der Waals surface area contributed by atoms with Crippen LogP contribution in [0.25, 0.3) is 11.1 Å². The molecule has 1 amide bonds. The summed E-state index contributed by atoms with van der Waals surface area (Å²) >= 11 is 0. The molecule has 0 fully saturated rings. The highest BCUT2D eigenvalue weighted by Gasteiger charge is 2.13. The van der Waals surface area contributed by atoms with Crippen molar-refractivity contribution in [1.29, 1.82) is 0 Å². The Bertz CT molecular complexity index is 795. The Balaban J connectivity index is 1.57. The molecule has 0 saturated heterocycles. The topological polar surface area (TPSA) is 64.4 Å². The lowest BCUT2D eigenvalue weighted by atomic mass is 10.1. The summed E-state index contributed by atoms with van der Waals surface area (Å²) in [5.74, 6) is 0.907. The van der Waals surface area contributed by atoms with Crippen molar-refractivity contribution in [2.75, 3.05) is 11.9 Å². The third kappa shape index (κ3) is 4.01. The van der Waals surface area contributed by atoms with E-state index in [1.165, 1.54) is 5.56 Å². The first-order valence-corrected chi connectivity index (χ1v) is 7.72. The van der Waals surface area contributed by atoms with E-state index in [4.69, 9.17) is 9.26 Å². The average Bonchev–Trinajstić information content (AvgIpc) is 3.04. The van der Waals surface area contributed by atoms with Crippen molar-refractivity contribution in [1.82, 2.24) is 5.16 Å². The van der Waals surface area contributed by atoms with Crippen molar-refractivity contribution in [3.05, 3.63) is 66.4 Å². The number of hydrogen-bond donors (Lipinski definition) is 1. The van der Waals surface area contributed by atoms with E-state index in [2.05, 4.69) is 10.5 Å². The van der Waals surface area contributed by atoms with E-state index in [1.807, 2.05) is 61.5 Å². The molecule has 0 aliphatic carbocycles. The Morgan fingerprint density at radius 2 is 1.88 bits per heavy atom. The molecule has 0 unspecified atom stereocenters. The van der Waals surface area contributed by atoms with Crippen LogP contribution in [0.15, 0.2) is 65.3 Å². The number of benzene rings is 2. The molecule has 122 valence electrons. The van der Waals surface area contributed by atoms with Crippen LogP contribution in [-0.4, -0.2) is 17.7 Å². The molecule has 3 aromatic rings. The maximum atomic E-state index is 12.1. The lowest BCUT2D eigenvalue weighted by Crippen LogP contribution is -2.15. The molecule has 3 rings (SSSR count). The van der Waals surface area contributed by atoms with Crippen LogP contribution in [-0.2, 0) is 4.79 Å². The lowest BCUT2D eigenvalue weighted by Gasteiger charge is -2.06. The first kappa shape index (κ1) is 15.8. The first-order chi connectivity index (χ1) is 11.7. The fraction of sp³-hybridized carbons (Fsp3) is 0.158. The van der Waals surface area contributed by atoms with Crippen LogP contribution >= 0.6 is 0 Å². The highest BCUT2D eigenvalue weighted by Crippen LogP contribution is 2.28. The Hall–Kier alpha value is -3.08. The van der Waals surface area contributed by atoms with Crippen LogP contribution in [0.3, 0.4) is 0 Å². The number of nitrogens with one attached hydrogen (secondary N) is 1. The van der Waals surface area contributed by atoms with Crippen molar-refractivity contribution >= 4 is 11.8 Å². The molecule has 0 aliphatic heterocycles. The minimum absolute atomic E-state index is 0.184. The van der Waals surface area contributed by atoms with Gasteiger partial charge in [0.15, 0.2) is 0 Å². The quantitative estimate of drug-likeness (QED) is 0.743. The summed E-state index contributed by atoms with van der Waals surface area (Å²) in [4.78, 5) is 12.1. The molecular formula is C19H18N2O3. The predicted molar refractivity (Wildman–Crippen MR) is 91.9 cm³/mol. The van der Waals surface area contributed by atoms with E-state index in [0.717, 1.165) is 16.9 Å². The molecule has 0 bridgehead atoms. The smallest absolute Gasteiger partial charge is 0.239 e. The van der Waals surface area contributed by atoms with Gasteiger partial charge in [-0.05, 0) is 24.6 Å². The number of para-hydroxylation sites is 1. The number of anilines is 1. The van der Waals surface area contributed by atoms with Gasteiger partial charge >= 0.3 is 0 Å². The van der Waals surface area contributed by atoms with E-state index in [0.29, 0.717) is 12.5 Å². The zero-order valence-corrected chi connectivity index (χ0v) is 13.4. The maximum Gasteiger partial charge on any atom is 0.239 e. The van der Waals surface area contributed by atoms with Crippen molar-refractivity contribution in [2.45, 2.75) is 13.3 Å². The lowest BCUT2D eigenvalue weighted by molar-refractivity contribution is -0.116. The number of carbonyl (C=O) groups excluding carboxylic acids is 1. The Morgan fingerprint density at radius 1 is 1.12 bits per heavy atom. The van der Waals surface area contributed by atoms with Crippen molar-refractivity contribution < 1.29 is 14.1 Å². The van der Waals surface area contributed by atoms with E-state index >= 15 is 0 Å². The number of amides is 1. The third-order valence-corrected chi connectivity index (χ3v) is 3.53. The molecule has 0 radical (unpaired) electrons. The monoisotopic (exact) mass is 322 g/mol. The Kier molecular flexibility index (Phi) is 4.91. The van der Waals surface area contributed by atoms with Crippen LogP contribution in [0.4, 0.5) is 5.88 Å². The summed E-state index contributed by atoms with van der Waals surface area (Å²) in [6, 6.07) is 17.3. The van der Waals surface area contributed by atoms with Crippen LogP contribution in [0.5, 0.6) is 5.75 Å². The molecule has 24 heavy (non-hydrogen) atoms. The molecule has 0 saturated carbocycles. The number of carbonyl (C=O) groups is 1. The number of nitrogens with zero attached hydrogens (tertiary/aromatic N) is 1. The third-order valence-electron chi connectivity index (χ3n) is 3.53. The number of aromatic nitrogens is 1. The maximum absolute atomic E-state index is 12.1. The second kappa shape index (κ2) is 7.46. The number of ether oxygens (including phenoxy) is 1. The largest absolute Gasteiger partial charge is 0.493 e. The fourth-order valence-electron chi connectivity index (χ4n) is 2.24. The molecule has 5 nitrogen and oxygen atoms in total. The molecule has 5 heteroatoms. The zero-order valence-electron chi connectivity index (χ0n) is 13.4. The van der Waals surface area contributed by atoms with Gasteiger partial charge in [-0.1, -0.05) is 53.2 Å². The molecule has 1 aromatic heterocycles. The van der Waals surface area contributed by atoms with Crippen molar-refractivity contribution in [2.24, 2.45) is 0 Å². The van der Waals surface area contributed by atoms with E-state index in [-0.39, 0.29) is 12.3 Å². The summed E-state index contributed by atoms with van der Waals surface area (Å²) in [5.41, 5.74) is 2.86. The summed E-state index contributed by atoms with van der Waals surface area (Å²) < 4.78 is 10.7. The molecule has 0 atom stereocenters. The Morgan fingerprint density at radius 3 is 2.62 bits per heavy atom. The summed E-state index contributed by atoms with van der Waals surface area (Å²) in [6.45, 7) is 2.32. The highest BCUT2D eigenvalue weighted by molar-refractivity contribution is 5.93. The highest BCUT2D eigenvalue weighted by atomic mass is 16.5. The number of hydrogen-bond acceptors (Lipinski definition) is 4. The molecule has 0 spiro atoms. The fourth-order valence-corrected chi connectivity index (χ4v) is 2.24. The van der Waals surface area contributed by atoms with E-state index < -0.39 is 0 Å². The van der Waals surface area contributed by atoms with Gasteiger partial charge in [0, 0.05) is 0 Å². The molecule has 1 N–H and O–H groups in total. The van der Waals surface area contributed by atoms with Gasteiger partial charge in [0.05, 0.1) is 24.8 Å². The van der Waals surface area contributed by atoms with Gasteiger partial charge in [-0.3, -0.25) is 10.1 Å². The minimum atomic E-state index is -0.184. The van der Waals surface area contributed by atoms with Gasteiger partial charge in [-0.15, -0.1) is 0 Å². The molecule has 1 heterocycles. The second-order valence-corrected chi connectivity index (χ2v) is 5.39. The summed E-state index contributed by atoms with van der Waals surface area (Å²) in [7, 11) is 0. The molecule has 2 aromatic carbocycles. The normalized spacial score (nSPS) is 10.4. The van der Waals surface area contributed by atoms with Gasteiger partial charge in [-0.2, -0.15) is 0 Å². The zero-order chi connectivity index (χ0) is 16.8. The van der Waals surface area contributed by atoms with Gasteiger partial charge in [0.2, 0.25) is 11.8 Å². The van der Waals surface area contributed by atoms with Crippen molar-refractivity contribution in [3.8, 4) is 16.9 Å². The van der Waals surface area contributed by atoms with Crippen LogP contribution in [0.1, 0.15) is 12.0 Å². The van der Waals surface area contributed by atoms with Crippen LogP contribution < -0.4 is 10.1 Å². The Labute approximate surface area is 140 Å². The SMILES string of the molecule is Cc1ccc(-c2cnoc2NC(=O)CCOc2ccccc2)cc1. The van der Waals surface area contributed by atoms with Gasteiger partial charge in [-0.25, -0.2) is 0 Å². The van der Waals surface area contributed by atoms with Crippen LogP contribution in [0.2, 0.25) is 0 Å². The van der Waals surface area contributed by atoms with Gasteiger partial charge in [0.25, 0.3) is 0 Å². The average molecular weight is 322 g/mol. The summed E-state index contributed by atoms with van der Waals surface area (Å²) in [6.07, 6.45) is 1.82. The minimum Gasteiger partial charge on any atom is -0.493 e. The van der Waals surface area contributed by atoms with Crippen molar-refractivity contribution in [3.63, 3.8) is 0 Å². The van der Waals surface area contributed by atoms with Gasteiger partial charge < -0.3 is 9.26 Å². The first-order valence-electron chi connectivity index (χ1n) is 7.72. The summed E-state index contributed by atoms with van der Waals surface area (Å²) in [5, 5.41) is 6.52. The van der Waals surface area contributed by atoms with E-state index in [9.17, 15) is 4.79 Å². The molecule has 0 aliphatic rings.